The quantitative estimate of drug-likeness (QED) is 0.385. The number of nitrogens with zero attached hydrogens (tertiary/aromatic N) is 1. The van der Waals surface area contributed by atoms with Crippen molar-refractivity contribution in [3.8, 4) is 0 Å². The highest BCUT2D eigenvalue weighted by Gasteiger charge is 2.09. The van der Waals surface area contributed by atoms with Gasteiger partial charge in [0.2, 0.25) is 0 Å². The lowest BCUT2D eigenvalue weighted by Gasteiger charge is -2.16. The Bertz CT molecular complexity index is 920. The Morgan fingerprint density at radius 1 is 1.17 bits per heavy atom. The maximum Gasteiger partial charge on any atom is 0.291 e. The Hall–Kier alpha value is -3.06. The van der Waals surface area contributed by atoms with Crippen LogP contribution in [0.1, 0.15) is 27.9 Å². The van der Waals surface area contributed by atoms with Crippen molar-refractivity contribution in [2.75, 3.05) is 18.9 Å². The molecule has 1 aromatic carbocycles. The Morgan fingerprint density at radius 3 is 2.79 bits per heavy atom. The van der Waals surface area contributed by atoms with Crippen molar-refractivity contribution >= 4 is 28.9 Å². The Kier molecular flexibility index (Phi) is 7.47. The first-order chi connectivity index (χ1) is 14.1. The topological polar surface area (TPSA) is 78.7 Å². The molecule has 0 saturated carbocycles. The highest BCUT2D eigenvalue weighted by Crippen LogP contribution is 2.14. The SMILES string of the molecule is CN=C(NCc1cccc(NC(=O)c2ccco2)c1)NCC(C)Cc1cccs1. The van der Waals surface area contributed by atoms with Gasteiger partial charge in [-0.25, -0.2) is 0 Å². The zero-order valence-corrected chi connectivity index (χ0v) is 17.5. The third-order valence-electron chi connectivity index (χ3n) is 4.36. The predicted molar refractivity (Wildman–Crippen MR) is 118 cm³/mol. The second kappa shape index (κ2) is 10.5. The van der Waals surface area contributed by atoms with Crippen molar-refractivity contribution in [1.29, 1.82) is 0 Å². The molecule has 0 aliphatic rings. The molecule has 0 radical (unpaired) electrons. The fraction of sp³-hybridized carbons (Fsp3) is 0.273. The van der Waals surface area contributed by atoms with Crippen molar-refractivity contribution < 1.29 is 9.21 Å². The second-order valence-corrected chi connectivity index (χ2v) is 7.86. The number of aliphatic imine (C=N–C) groups is 1. The van der Waals surface area contributed by atoms with Crippen LogP contribution in [0.3, 0.4) is 0 Å². The van der Waals surface area contributed by atoms with E-state index in [4.69, 9.17) is 4.42 Å². The molecular weight excluding hydrogens is 384 g/mol. The van der Waals surface area contributed by atoms with Gasteiger partial charge in [0.1, 0.15) is 0 Å². The van der Waals surface area contributed by atoms with E-state index in [1.165, 1.54) is 11.1 Å². The van der Waals surface area contributed by atoms with Crippen LogP contribution in [0.2, 0.25) is 0 Å². The highest BCUT2D eigenvalue weighted by molar-refractivity contribution is 7.09. The van der Waals surface area contributed by atoms with Crippen molar-refractivity contribution in [3.63, 3.8) is 0 Å². The molecule has 0 aliphatic carbocycles. The Labute approximate surface area is 175 Å². The van der Waals surface area contributed by atoms with Gasteiger partial charge in [-0.1, -0.05) is 25.1 Å². The molecule has 1 unspecified atom stereocenters. The summed E-state index contributed by atoms with van der Waals surface area (Å²) in [5.41, 5.74) is 1.76. The van der Waals surface area contributed by atoms with E-state index in [0.717, 1.165) is 30.2 Å². The largest absolute Gasteiger partial charge is 0.459 e. The van der Waals surface area contributed by atoms with E-state index in [9.17, 15) is 4.79 Å². The van der Waals surface area contributed by atoms with Gasteiger partial charge in [-0.2, -0.15) is 0 Å². The monoisotopic (exact) mass is 410 g/mol. The number of guanidine groups is 1. The predicted octanol–water partition coefficient (Wildman–Crippen LogP) is 4.14. The zero-order valence-electron chi connectivity index (χ0n) is 16.6. The Balaban J connectivity index is 1.47. The normalized spacial score (nSPS) is 12.4. The van der Waals surface area contributed by atoms with Crippen LogP contribution in [-0.2, 0) is 13.0 Å². The first-order valence-corrected chi connectivity index (χ1v) is 10.4. The number of carbonyl (C=O) groups excluding carboxylic acids is 1. The van der Waals surface area contributed by atoms with E-state index in [0.29, 0.717) is 12.5 Å². The summed E-state index contributed by atoms with van der Waals surface area (Å²) in [6.45, 7) is 3.67. The molecule has 0 saturated heterocycles. The molecule has 1 amide bonds. The van der Waals surface area contributed by atoms with E-state index >= 15 is 0 Å². The van der Waals surface area contributed by atoms with Crippen LogP contribution in [0.5, 0.6) is 0 Å². The van der Waals surface area contributed by atoms with Crippen molar-refractivity contribution in [1.82, 2.24) is 10.6 Å². The molecule has 3 aromatic rings. The van der Waals surface area contributed by atoms with E-state index in [1.54, 1.807) is 30.5 Å². The minimum absolute atomic E-state index is 0.266. The van der Waals surface area contributed by atoms with Gasteiger partial charge >= 0.3 is 0 Å². The molecule has 0 spiro atoms. The van der Waals surface area contributed by atoms with Gasteiger partial charge in [-0.15, -0.1) is 11.3 Å². The van der Waals surface area contributed by atoms with Crippen LogP contribution in [0.25, 0.3) is 0 Å². The molecule has 3 rings (SSSR count). The molecule has 29 heavy (non-hydrogen) atoms. The first kappa shape index (κ1) is 20.7. The summed E-state index contributed by atoms with van der Waals surface area (Å²) in [5.74, 6) is 1.28. The fourth-order valence-corrected chi connectivity index (χ4v) is 3.75. The molecule has 0 aliphatic heterocycles. The van der Waals surface area contributed by atoms with Gasteiger partial charge in [0.25, 0.3) is 5.91 Å². The smallest absolute Gasteiger partial charge is 0.291 e. The van der Waals surface area contributed by atoms with Gasteiger partial charge in [-0.3, -0.25) is 9.79 Å². The van der Waals surface area contributed by atoms with Crippen LogP contribution < -0.4 is 16.0 Å². The fourth-order valence-electron chi connectivity index (χ4n) is 2.88. The van der Waals surface area contributed by atoms with Crippen LogP contribution >= 0.6 is 11.3 Å². The molecule has 3 N–H and O–H groups in total. The maximum absolute atomic E-state index is 12.1. The number of rotatable bonds is 8. The van der Waals surface area contributed by atoms with E-state index < -0.39 is 0 Å². The number of nitrogens with one attached hydrogen (secondary N) is 3. The summed E-state index contributed by atoms with van der Waals surface area (Å²) >= 11 is 1.79. The van der Waals surface area contributed by atoms with Crippen molar-refractivity contribution in [3.05, 3.63) is 76.4 Å². The summed E-state index contributed by atoms with van der Waals surface area (Å²) in [6, 6.07) is 15.3. The van der Waals surface area contributed by atoms with E-state index in [-0.39, 0.29) is 11.7 Å². The number of anilines is 1. The lowest BCUT2D eigenvalue weighted by atomic mass is 10.1. The van der Waals surface area contributed by atoms with Crippen LogP contribution in [0.15, 0.2) is 69.6 Å². The summed E-state index contributed by atoms with van der Waals surface area (Å²) in [6.07, 6.45) is 2.54. The zero-order chi connectivity index (χ0) is 20.5. The summed E-state index contributed by atoms with van der Waals surface area (Å²) in [4.78, 5) is 17.8. The van der Waals surface area contributed by atoms with Gasteiger partial charge in [-0.05, 0) is 53.6 Å². The number of hydrogen-bond acceptors (Lipinski definition) is 4. The summed E-state index contributed by atoms with van der Waals surface area (Å²) in [5, 5.41) is 11.7. The number of amides is 1. The first-order valence-electron chi connectivity index (χ1n) is 9.54. The third kappa shape index (κ3) is 6.50. The maximum atomic E-state index is 12.1. The van der Waals surface area contributed by atoms with E-state index in [2.05, 4.69) is 45.4 Å². The second-order valence-electron chi connectivity index (χ2n) is 6.83. The number of carbonyl (C=O) groups is 1. The van der Waals surface area contributed by atoms with Crippen molar-refractivity contribution in [2.45, 2.75) is 19.9 Å². The average molecular weight is 411 g/mol. The number of benzene rings is 1. The molecule has 152 valence electrons. The molecule has 0 fully saturated rings. The molecule has 6 nitrogen and oxygen atoms in total. The van der Waals surface area contributed by atoms with Gasteiger partial charge in [0, 0.05) is 30.7 Å². The van der Waals surface area contributed by atoms with Crippen LogP contribution in [-0.4, -0.2) is 25.5 Å². The summed E-state index contributed by atoms with van der Waals surface area (Å²) in [7, 11) is 1.76. The van der Waals surface area contributed by atoms with E-state index in [1.807, 2.05) is 24.3 Å². The lowest BCUT2D eigenvalue weighted by molar-refractivity contribution is 0.0996. The minimum Gasteiger partial charge on any atom is -0.459 e. The Morgan fingerprint density at radius 2 is 2.07 bits per heavy atom. The number of hydrogen-bond donors (Lipinski definition) is 3. The van der Waals surface area contributed by atoms with Crippen LogP contribution in [0, 0.1) is 5.92 Å². The summed E-state index contributed by atoms with van der Waals surface area (Å²) < 4.78 is 5.12. The lowest BCUT2D eigenvalue weighted by Crippen LogP contribution is -2.39. The highest BCUT2D eigenvalue weighted by atomic mass is 32.1. The molecule has 2 aromatic heterocycles. The van der Waals surface area contributed by atoms with Crippen molar-refractivity contribution in [2.24, 2.45) is 10.9 Å². The molecule has 0 bridgehead atoms. The molecule has 7 heteroatoms. The number of thiophene rings is 1. The molecule has 1 atom stereocenters. The van der Waals surface area contributed by atoms with Gasteiger partial charge < -0.3 is 20.4 Å². The third-order valence-corrected chi connectivity index (χ3v) is 5.26. The van der Waals surface area contributed by atoms with Gasteiger partial charge in [0.05, 0.1) is 6.26 Å². The average Bonchev–Trinajstić information content (AvgIpc) is 3.42. The molecule has 2 heterocycles. The van der Waals surface area contributed by atoms with Gasteiger partial charge in [0.15, 0.2) is 11.7 Å². The minimum atomic E-state index is -0.266. The number of furan rings is 1. The standard InChI is InChI=1S/C22H26N4O2S/c1-16(12-19-8-5-11-29-19)14-24-22(23-2)25-15-17-6-3-7-18(13-17)26-21(27)20-9-4-10-28-20/h3-11,13,16H,12,14-15H2,1-2H3,(H,26,27)(H2,23,24,25). The molecular formula is C22H26N4O2S. The van der Waals surface area contributed by atoms with Crippen LogP contribution in [0.4, 0.5) is 5.69 Å².